The van der Waals surface area contributed by atoms with Crippen molar-refractivity contribution in [2.75, 3.05) is 14.2 Å². The molecule has 8 heteroatoms. The Morgan fingerprint density at radius 3 is 2.20 bits per heavy atom. The quantitative estimate of drug-likeness (QED) is 0.490. The van der Waals surface area contributed by atoms with Crippen LogP contribution in [0.15, 0.2) is 82.5 Å². The van der Waals surface area contributed by atoms with Gasteiger partial charge in [-0.1, -0.05) is 42.5 Å². The molecule has 0 amide bonds. The van der Waals surface area contributed by atoms with Crippen LogP contribution in [0.5, 0.6) is 11.5 Å². The highest BCUT2D eigenvalue weighted by Gasteiger charge is 2.26. The number of para-hydroxylation sites is 1. The lowest BCUT2D eigenvalue weighted by Crippen LogP contribution is -2.30. The highest BCUT2D eigenvalue weighted by Crippen LogP contribution is 2.31. The van der Waals surface area contributed by atoms with E-state index in [0.717, 1.165) is 3.97 Å². The molecule has 3 aromatic carbocycles. The molecule has 30 heavy (non-hydrogen) atoms. The van der Waals surface area contributed by atoms with Crippen molar-refractivity contribution in [3.63, 3.8) is 0 Å². The molecule has 1 heterocycles. The van der Waals surface area contributed by atoms with Crippen molar-refractivity contribution in [3.8, 4) is 22.9 Å². The summed E-state index contributed by atoms with van der Waals surface area (Å²) in [5, 5.41) is 0.209. The fourth-order valence-corrected chi connectivity index (χ4v) is 4.59. The Kier molecular flexibility index (Phi) is 5.01. The van der Waals surface area contributed by atoms with Crippen LogP contribution in [-0.2, 0) is 10.0 Å². The van der Waals surface area contributed by atoms with Gasteiger partial charge in [0.15, 0.2) is 17.3 Å². The third-order valence-corrected chi connectivity index (χ3v) is 6.33. The van der Waals surface area contributed by atoms with Gasteiger partial charge in [0, 0.05) is 11.6 Å². The van der Waals surface area contributed by atoms with E-state index < -0.39 is 15.6 Å². The van der Waals surface area contributed by atoms with Crippen LogP contribution in [0.4, 0.5) is 0 Å². The van der Waals surface area contributed by atoms with Gasteiger partial charge >= 0.3 is 0 Å². The van der Waals surface area contributed by atoms with E-state index in [0.29, 0.717) is 16.8 Å². The van der Waals surface area contributed by atoms with Crippen molar-refractivity contribution >= 4 is 20.9 Å². The molecular weight excluding hydrogens is 404 g/mol. The zero-order chi connectivity index (χ0) is 21.3. The molecule has 0 unspecified atom stereocenters. The van der Waals surface area contributed by atoms with Gasteiger partial charge in [0.05, 0.1) is 30.0 Å². The van der Waals surface area contributed by atoms with Crippen molar-refractivity contribution in [2.24, 2.45) is 0 Å². The van der Waals surface area contributed by atoms with Crippen LogP contribution in [0.2, 0.25) is 0 Å². The van der Waals surface area contributed by atoms with Gasteiger partial charge in [-0.15, -0.1) is 0 Å². The number of aromatic nitrogens is 2. The van der Waals surface area contributed by atoms with E-state index >= 15 is 0 Å². The second-order valence-electron chi connectivity index (χ2n) is 6.41. The summed E-state index contributed by atoms with van der Waals surface area (Å²) in [4.78, 5) is 17.7. The van der Waals surface area contributed by atoms with Gasteiger partial charge in [-0.2, -0.15) is 3.97 Å². The summed E-state index contributed by atoms with van der Waals surface area (Å²) < 4.78 is 38.3. The number of nitrogens with zero attached hydrogens (tertiary/aromatic N) is 2. The molecule has 0 bridgehead atoms. The summed E-state index contributed by atoms with van der Waals surface area (Å²) in [6.45, 7) is 0. The Morgan fingerprint density at radius 1 is 0.833 bits per heavy atom. The molecule has 0 aliphatic rings. The maximum atomic E-state index is 13.6. The Hall–Kier alpha value is -3.65. The van der Waals surface area contributed by atoms with Gasteiger partial charge in [-0.25, -0.2) is 13.4 Å². The van der Waals surface area contributed by atoms with Crippen molar-refractivity contribution in [1.29, 1.82) is 0 Å². The number of ether oxygens (including phenoxy) is 2. The van der Waals surface area contributed by atoms with Crippen molar-refractivity contribution in [3.05, 3.63) is 83.2 Å². The molecule has 0 N–H and O–H groups in total. The van der Waals surface area contributed by atoms with Crippen LogP contribution in [0.1, 0.15) is 0 Å². The van der Waals surface area contributed by atoms with E-state index in [4.69, 9.17) is 9.47 Å². The second-order valence-corrected chi connectivity index (χ2v) is 8.20. The van der Waals surface area contributed by atoms with E-state index in [2.05, 4.69) is 4.98 Å². The Morgan fingerprint density at radius 2 is 1.50 bits per heavy atom. The standard InChI is InChI=1S/C22H18N2O5S/c1-28-19-13-12-16(14-20(19)29-2)30(26,27)24-21(15-8-4-3-5-9-15)23-18-11-7-6-10-17(18)22(24)25/h3-14H,1-2H3. The lowest BCUT2D eigenvalue weighted by molar-refractivity contribution is 0.354. The minimum absolute atomic E-state index is 0.0362. The van der Waals surface area contributed by atoms with Gasteiger partial charge in [0.1, 0.15) is 0 Å². The molecular formula is C22H18N2O5S. The summed E-state index contributed by atoms with van der Waals surface area (Å²) >= 11 is 0. The van der Waals surface area contributed by atoms with Crippen LogP contribution in [0, 0.1) is 0 Å². The molecule has 0 aliphatic heterocycles. The molecule has 0 radical (unpaired) electrons. The van der Waals surface area contributed by atoms with Crippen LogP contribution in [0.3, 0.4) is 0 Å². The molecule has 7 nitrogen and oxygen atoms in total. The van der Waals surface area contributed by atoms with E-state index in [1.54, 1.807) is 54.6 Å². The minimum atomic E-state index is -4.29. The largest absolute Gasteiger partial charge is 0.493 e. The van der Waals surface area contributed by atoms with Gasteiger partial charge in [-0.05, 0) is 24.3 Å². The van der Waals surface area contributed by atoms with Crippen LogP contribution >= 0.6 is 0 Å². The Balaban J connectivity index is 2.07. The third kappa shape index (κ3) is 3.21. The van der Waals surface area contributed by atoms with E-state index in [9.17, 15) is 13.2 Å². The first-order valence-electron chi connectivity index (χ1n) is 9.02. The fraction of sp³-hybridized carbons (Fsp3) is 0.0909. The average Bonchev–Trinajstić information content (AvgIpc) is 2.78. The molecule has 0 spiro atoms. The smallest absolute Gasteiger partial charge is 0.275 e. The molecule has 0 aliphatic carbocycles. The fourth-order valence-electron chi connectivity index (χ4n) is 3.19. The Labute approximate surface area is 173 Å². The lowest BCUT2D eigenvalue weighted by Gasteiger charge is -2.15. The number of benzene rings is 3. The number of methoxy groups -OCH3 is 2. The van der Waals surface area contributed by atoms with Crippen molar-refractivity contribution in [2.45, 2.75) is 4.90 Å². The molecule has 4 rings (SSSR count). The maximum Gasteiger partial charge on any atom is 0.275 e. The topological polar surface area (TPSA) is 87.5 Å². The molecule has 1 aromatic heterocycles. The SMILES string of the molecule is COc1ccc(S(=O)(=O)n2c(-c3ccccc3)nc3ccccc3c2=O)cc1OC. The molecule has 0 saturated heterocycles. The zero-order valence-electron chi connectivity index (χ0n) is 16.3. The van der Waals surface area contributed by atoms with Crippen molar-refractivity contribution < 1.29 is 17.9 Å². The number of rotatable bonds is 5. The Bertz CT molecular complexity index is 1400. The van der Waals surface area contributed by atoms with Crippen LogP contribution in [-0.4, -0.2) is 31.6 Å². The van der Waals surface area contributed by atoms with Gasteiger partial charge < -0.3 is 9.47 Å². The summed E-state index contributed by atoms with van der Waals surface area (Å²) in [5.74, 6) is 0.652. The summed E-state index contributed by atoms with van der Waals surface area (Å²) in [5.41, 5.74) is 0.249. The first-order chi connectivity index (χ1) is 14.5. The summed E-state index contributed by atoms with van der Waals surface area (Å²) in [6, 6.07) is 19.5. The summed E-state index contributed by atoms with van der Waals surface area (Å²) in [6.07, 6.45) is 0. The number of fused-ring (bicyclic) bond motifs is 1. The normalized spacial score (nSPS) is 11.4. The lowest BCUT2D eigenvalue weighted by atomic mass is 10.2. The predicted octanol–water partition coefficient (Wildman–Crippen LogP) is 3.32. The van der Waals surface area contributed by atoms with Crippen LogP contribution in [0.25, 0.3) is 22.3 Å². The average molecular weight is 422 g/mol. The van der Waals surface area contributed by atoms with E-state index in [1.165, 1.54) is 32.4 Å². The number of hydrogen-bond donors (Lipinski definition) is 0. The third-order valence-electron chi connectivity index (χ3n) is 4.66. The molecule has 152 valence electrons. The van der Waals surface area contributed by atoms with Crippen LogP contribution < -0.4 is 15.0 Å². The van der Waals surface area contributed by atoms with Crippen molar-refractivity contribution in [1.82, 2.24) is 8.96 Å². The number of hydrogen-bond acceptors (Lipinski definition) is 6. The first-order valence-corrected chi connectivity index (χ1v) is 10.5. The van der Waals surface area contributed by atoms with Gasteiger partial charge in [0.2, 0.25) is 0 Å². The van der Waals surface area contributed by atoms with E-state index in [-0.39, 0.29) is 21.9 Å². The minimum Gasteiger partial charge on any atom is -0.493 e. The zero-order valence-corrected chi connectivity index (χ0v) is 17.1. The van der Waals surface area contributed by atoms with Gasteiger partial charge in [-0.3, -0.25) is 4.79 Å². The monoisotopic (exact) mass is 422 g/mol. The highest BCUT2D eigenvalue weighted by molar-refractivity contribution is 7.90. The molecule has 0 atom stereocenters. The molecule has 4 aromatic rings. The maximum absolute atomic E-state index is 13.6. The predicted molar refractivity (Wildman–Crippen MR) is 114 cm³/mol. The van der Waals surface area contributed by atoms with Gasteiger partial charge in [0.25, 0.3) is 15.6 Å². The molecule has 0 saturated carbocycles. The summed E-state index contributed by atoms with van der Waals surface area (Å²) in [7, 11) is -1.43. The highest BCUT2D eigenvalue weighted by atomic mass is 32.2. The molecule has 0 fully saturated rings. The second kappa shape index (κ2) is 7.64. The van der Waals surface area contributed by atoms with E-state index in [1.807, 2.05) is 0 Å². The first kappa shape index (κ1) is 19.7.